The van der Waals surface area contributed by atoms with Crippen molar-refractivity contribution >= 4 is 29.2 Å². The molecule has 0 atom stereocenters. The molecule has 0 fully saturated rings. The highest BCUT2D eigenvalue weighted by atomic mass is 35.5. The predicted molar refractivity (Wildman–Crippen MR) is 66.6 cm³/mol. The number of hydrogen-bond donors (Lipinski definition) is 2. The summed E-state index contributed by atoms with van der Waals surface area (Å²) in [5.74, 6) is -1.35. The molecule has 0 radical (unpaired) electrons. The number of hydrogen-bond acceptors (Lipinski definition) is 2. The molecule has 0 saturated carbocycles. The quantitative estimate of drug-likeness (QED) is 0.849. The van der Waals surface area contributed by atoms with E-state index in [2.05, 4.69) is 5.32 Å². The van der Waals surface area contributed by atoms with Crippen LogP contribution in [0.4, 0.5) is 5.69 Å². The Morgan fingerprint density at radius 2 is 2.12 bits per heavy atom. The zero-order valence-electron chi connectivity index (χ0n) is 9.50. The highest BCUT2D eigenvalue weighted by molar-refractivity contribution is 6.34. The van der Waals surface area contributed by atoms with Gasteiger partial charge in [-0.1, -0.05) is 31.0 Å². The summed E-state index contributed by atoms with van der Waals surface area (Å²) in [5, 5.41) is 11.7. The second kappa shape index (κ2) is 6.25. The minimum Gasteiger partial charge on any atom is -0.478 e. The van der Waals surface area contributed by atoms with Crippen LogP contribution in [0, 0.1) is 0 Å². The molecule has 0 aromatic heterocycles. The van der Waals surface area contributed by atoms with Crippen molar-refractivity contribution in [3.63, 3.8) is 0 Å². The molecule has 92 valence electrons. The molecular weight excluding hydrogens is 242 g/mol. The third kappa shape index (κ3) is 3.75. The predicted octanol–water partition coefficient (Wildman–Crippen LogP) is 3.17. The van der Waals surface area contributed by atoms with Crippen LogP contribution in [0.25, 0.3) is 0 Å². The lowest BCUT2D eigenvalue weighted by Gasteiger charge is -2.09. The van der Waals surface area contributed by atoms with E-state index in [0.717, 1.165) is 12.8 Å². The molecule has 0 bridgehead atoms. The summed E-state index contributed by atoms with van der Waals surface area (Å²) in [6, 6.07) is 4.61. The van der Waals surface area contributed by atoms with E-state index in [1.807, 2.05) is 6.92 Å². The molecule has 1 aromatic rings. The molecule has 0 saturated heterocycles. The molecule has 1 rings (SSSR count). The summed E-state index contributed by atoms with van der Waals surface area (Å²) < 4.78 is 0. The summed E-state index contributed by atoms with van der Waals surface area (Å²) in [4.78, 5) is 22.5. The molecule has 0 unspecified atom stereocenters. The first kappa shape index (κ1) is 13.5. The van der Waals surface area contributed by atoms with Gasteiger partial charge in [0.25, 0.3) is 0 Å². The molecular formula is C12H14ClNO3. The number of anilines is 1. The first-order chi connectivity index (χ1) is 8.06. The lowest BCUT2D eigenvalue weighted by atomic mass is 10.1. The molecule has 1 aromatic carbocycles. The zero-order chi connectivity index (χ0) is 12.8. The van der Waals surface area contributed by atoms with E-state index in [1.54, 1.807) is 6.07 Å². The van der Waals surface area contributed by atoms with Crippen LogP contribution >= 0.6 is 11.6 Å². The number of carboxylic acid groups (broad SMARTS) is 1. The molecule has 0 aliphatic carbocycles. The molecule has 5 heteroatoms. The SMILES string of the molecule is CCCCC(=O)Nc1cccc(Cl)c1C(=O)O. The van der Waals surface area contributed by atoms with Crippen LogP contribution in [0.1, 0.15) is 36.5 Å². The van der Waals surface area contributed by atoms with Gasteiger partial charge in [0.15, 0.2) is 0 Å². The molecule has 4 nitrogen and oxygen atoms in total. The molecule has 17 heavy (non-hydrogen) atoms. The first-order valence-corrected chi connectivity index (χ1v) is 5.75. The van der Waals surface area contributed by atoms with Gasteiger partial charge >= 0.3 is 5.97 Å². The highest BCUT2D eigenvalue weighted by Gasteiger charge is 2.15. The van der Waals surface area contributed by atoms with Crippen molar-refractivity contribution in [1.82, 2.24) is 0 Å². The number of aromatic carboxylic acids is 1. The first-order valence-electron chi connectivity index (χ1n) is 5.38. The van der Waals surface area contributed by atoms with E-state index in [-0.39, 0.29) is 22.2 Å². The van der Waals surface area contributed by atoms with Crippen molar-refractivity contribution in [3.8, 4) is 0 Å². The molecule has 0 aliphatic rings. The van der Waals surface area contributed by atoms with Crippen molar-refractivity contribution in [2.24, 2.45) is 0 Å². The van der Waals surface area contributed by atoms with Gasteiger partial charge in [-0.05, 0) is 18.6 Å². The van der Waals surface area contributed by atoms with Gasteiger partial charge in [0.2, 0.25) is 5.91 Å². The van der Waals surface area contributed by atoms with Gasteiger partial charge in [-0.15, -0.1) is 0 Å². The summed E-state index contributed by atoms with van der Waals surface area (Å²) in [7, 11) is 0. The van der Waals surface area contributed by atoms with Gasteiger partial charge in [0.1, 0.15) is 5.56 Å². The topological polar surface area (TPSA) is 66.4 Å². The Labute approximate surface area is 105 Å². The minimum absolute atomic E-state index is 0.0704. The Hall–Kier alpha value is -1.55. The molecule has 0 aliphatic heterocycles. The average Bonchev–Trinajstić information content (AvgIpc) is 2.25. The molecule has 2 N–H and O–H groups in total. The minimum atomic E-state index is -1.15. The van der Waals surface area contributed by atoms with E-state index in [1.165, 1.54) is 12.1 Å². The third-order valence-corrected chi connectivity index (χ3v) is 2.57. The fraction of sp³-hybridized carbons (Fsp3) is 0.333. The van der Waals surface area contributed by atoms with E-state index >= 15 is 0 Å². The van der Waals surface area contributed by atoms with Crippen LogP contribution in [-0.2, 0) is 4.79 Å². The number of halogens is 1. The van der Waals surface area contributed by atoms with Gasteiger partial charge in [0.05, 0.1) is 10.7 Å². The number of carbonyl (C=O) groups is 2. The number of carboxylic acids is 1. The van der Waals surface area contributed by atoms with Gasteiger partial charge < -0.3 is 10.4 Å². The standard InChI is InChI=1S/C12H14ClNO3/c1-2-3-7-10(15)14-9-6-4-5-8(13)11(9)12(16)17/h4-6H,2-3,7H2,1H3,(H,14,15)(H,16,17). The van der Waals surface area contributed by atoms with Crippen LogP contribution in [0.2, 0.25) is 5.02 Å². The van der Waals surface area contributed by atoms with Crippen LogP contribution in [-0.4, -0.2) is 17.0 Å². The van der Waals surface area contributed by atoms with Crippen LogP contribution in [0.5, 0.6) is 0 Å². The highest BCUT2D eigenvalue weighted by Crippen LogP contribution is 2.24. The summed E-state index contributed by atoms with van der Waals surface area (Å²) >= 11 is 5.78. The number of benzene rings is 1. The number of rotatable bonds is 5. The Kier molecular flexibility index (Phi) is 4.97. The maximum atomic E-state index is 11.5. The lowest BCUT2D eigenvalue weighted by molar-refractivity contribution is -0.116. The van der Waals surface area contributed by atoms with Crippen molar-refractivity contribution in [2.45, 2.75) is 26.2 Å². The number of unbranched alkanes of at least 4 members (excludes halogenated alkanes) is 1. The molecule has 1 amide bonds. The Bertz CT molecular complexity index is 432. The van der Waals surface area contributed by atoms with Crippen LogP contribution in [0.3, 0.4) is 0 Å². The van der Waals surface area contributed by atoms with Crippen molar-refractivity contribution in [1.29, 1.82) is 0 Å². The van der Waals surface area contributed by atoms with Crippen LogP contribution in [0.15, 0.2) is 18.2 Å². The van der Waals surface area contributed by atoms with E-state index in [9.17, 15) is 9.59 Å². The second-order valence-electron chi connectivity index (χ2n) is 3.62. The molecule has 0 heterocycles. The fourth-order valence-electron chi connectivity index (χ4n) is 1.40. The van der Waals surface area contributed by atoms with Gasteiger partial charge in [-0.3, -0.25) is 4.79 Å². The maximum Gasteiger partial charge on any atom is 0.339 e. The van der Waals surface area contributed by atoms with Crippen molar-refractivity contribution in [3.05, 3.63) is 28.8 Å². The number of carbonyl (C=O) groups excluding carboxylic acids is 1. The van der Waals surface area contributed by atoms with E-state index in [4.69, 9.17) is 16.7 Å². The normalized spacial score (nSPS) is 10.0. The summed E-state index contributed by atoms with van der Waals surface area (Å²) in [5.41, 5.74) is 0.171. The summed E-state index contributed by atoms with van der Waals surface area (Å²) in [6.07, 6.45) is 2.06. The smallest absolute Gasteiger partial charge is 0.339 e. The maximum absolute atomic E-state index is 11.5. The van der Waals surface area contributed by atoms with E-state index < -0.39 is 5.97 Å². The van der Waals surface area contributed by atoms with Gasteiger partial charge in [-0.25, -0.2) is 4.79 Å². The zero-order valence-corrected chi connectivity index (χ0v) is 10.3. The van der Waals surface area contributed by atoms with E-state index in [0.29, 0.717) is 6.42 Å². The molecule has 0 spiro atoms. The van der Waals surface area contributed by atoms with Gasteiger partial charge in [0, 0.05) is 6.42 Å². The largest absolute Gasteiger partial charge is 0.478 e. The summed E-state index contributed by atoms with van der Waals surface area (Å²) in [6.45, 7) is 1.98. The third-order valence-electron chi connectivity index (χ3n) is 2.26. The Morgan fingerprint density at radius 1 is 1.41 bits per heavy atom. The fourth-order valence-corrected chi connectivity index (χ4v) is 1.65. The lowest BCUT2D eigenvalue weighted by Crippen LogP contribution is -2.14. The Balaban J connectivity index is 2.87. The average molecular weight is 256 g/mol. The number of amides is 1. The van der Waals surface area contributed by atoms with Gasteiger partial charge in [-0.2, -0.15) is 0 Å². The monoisotopic (exact) mass is 255 g/mol. The number of nitrogens with one attached hydrogen (secondary N) is 1. The van der Waals surface area contributed by atoms with Crippen molar-refractivity contribution < 1.29 is 14.7 Å². The Morgan fingerprint density at radius 3 is 2.71 bits per heavy atom. The van der Waals surface area contributed by atoms with Crippen LogP contribution < -0.4 is 5.32 Å². The van der Waals surface area contributed by atoms with Crippen molar-refractivity contribution in [2.75, 3.05) is 5.32 Å². The second-order valence-corrected chi connectivity index (χ2v) is 4.03.